The Morgan fingerprint density at radius 2 is 2.33 bits per heavy atom. The number of alkyl halides is 1. The predicted molar refractivity (Wildman–Crippen MR) is 60.3 cm³/mol. The second-order valence-electron chi connectivity index (χ2n) is 3.44. The van der Waals surface area contributed by atoms with Gasteiger partial charge in [-0.05, 0) is 18.6 Å². The normalized spacial score (nSPS) is 23.1. The molecule has 1 unspecified atom stereocenters. The maximum Gasteiger partial charge on any atom is 0.244 e. The molecule has 1 aromatic heterocycles. The van der Waals surface area contributed by atoms with Crippen LogP contribution in [0.5, 0.6) is 0 Å². The first kappa shape index (κ1) is 11.0. The van der Waals surface area contributed by atoms with E-state index >= 15 is 0 Å². The van der Waals surface area contributed by atoms with Crippen LogP contribution in [0.2, 0.25) is 0 Å². The highest BCUT2D eigenvalue weighted by atomic mass is 79.9. The third-order valence-electron chi connectivity index (χ3n) is 2.37. The highest BCUT2D eigenvalue weighted by Crippen LogP contribution is 2.23. The summed E-state index contributed by atoms with van der Waals surface area (Å²) in [4.78, 5) is 4.36. The van der Waals surface area contributed by atoms with Gasteiger partial charge in [-0.3, -0.25) is 4.98 Å². The van der Waals surface area contributed by atoms with Crippen molar-refractivity contribution < 1.29 is 8.42 Å². The number of hydrogen-bond donors (Lipinski definition) is 0. The van der Waals surface area contributed by atoms with Gasteiger partial charge in [0.05, 0.1) is 0 Å². The van der Waals surface area contributed by atoms with E-state index in [4.69, 9.17) is 0 Å². The number of hydrogen-bond acceptors (Lipinski definition) is 3. The van der Waals surface area contributed by atoms with Crippen LogP contribution in [-0.4, -0.2) is 35.6 Å². The fourth-order valence-electron chi connectivity index (χ4n) is 1.55. The van der Waals surface area contributed by atoms with Crippen LogP contribution >= 0.6 is 15.9 Å². The van der Waals surface area contributed by atoms with Gasteiger partial charge in [-0.1, -0.05) is 15.9 Å². The lowest BCUT2D eigenvalue weighted by Crippen LogP contribution is -2.29. The summed E-state index contributed by atoms with van der Waals surface area (Å²) in [6, 6.07) is 3.21. The molecular formula is C9H11BrN2O2S. The molecule has 0 bridgehead atoms. The molecule has 4 nitrogen and oxygen atoms in total. The van der Waals surface area contributed by atoms with Gasteiger partial charge >= 0.3 is 0 Å². The fraction of sp³-hybridized carbons (Fsp3) is 0.444. The second kappa shape index (κ2) is 4.19. The summed E-state index contributed by atoms with van der Waals surface area (Å²) in [5, 5.41) is 0. The van der Waals surface area contributed by atoms with Crippen molar-refractivity contribution in [3.63, 3.8) is 0 Å². The van der Waals surface area contributed by atoms with Crippen LogP contribution in [0.3, 0.4) is 0 Å². The van der Waals surface area contributed by atoms with E-state index in [-0.39, 0.29) is 9.72 Å². The lowest BCUT2D eigenvalue weighted by Gasteiger charge is -2.14. The second-order valence-corrected chi connectivity index (χ2v) is 6.67. The number of pyridine rings is 1. The molecule has 2 rings (SSSR count). The Morgan fingerprint density at radius 1 is 1.53 bits per heavy atom. The fourth-order valence-corrected chi connectivity index (χ4v) is 3.77. The number of aromatic nitrogens is 1. The van der Waals surface area contributed by atoms with E-state index < -0.39 is 10.0 Å². The van der Waals surface area contributed by atoms with E-state index in [2.05, 4.69) is 20.9 Å². The van der Waals surface area contributed by atoms with Crippen LogP contribution in [0.25, 0.3) is 0 Å². The SMILES string of the molecule is O=S(=O)(c1cccnc1)N1CCC(Br)C1. The summed E-state index contributed by atoms with van der Waals surface area (Å²) >= 11 is 3.42. The zero-order chi connectivity index (χ0) is 10.9. The molecule has 0 aromatic carbocycles. The molecule has 1 atom stereocenters. The Labute approximate surface area is 97.5 Å². The molecule has 1 fully saturated rings. The van der Waals surface area contributed by atoms with Crippen molar-refractivity contribution in [1.29, 1.82) is 0 Å². The van der Waals surface area contributed by atoms with E-state index in [1.807, 2.05) is 0 Å². The van der Waals surface area contributed by atoms with Gasteiger partial charge in [0.1, 0.15) is 4.90 Å². The average Bonchev–Trinajstić information content (AvgIpc) is 2.67. The molecule has 0 radical (unpaired) electrons. The highest BCUT2D eigenvalue weighted by Gasteiger charge is 2.31. The summed E-state index contributed by atoms with van der Waals surface area (Å²) in [5.41, 5.74) is 0. The number of halogens is 1. The van der Waals surface area contributed by atoms with Crippen molar-refractivity contribution in [1.82, 2.24) is 9.29 Å². The van der Waals surface area contributed by atoms with Gasteiger partial charge in [-0.15, -0.1) is 0 Å². The Bertz CT molecular complexity index is 435. The molecule has 0 amide bonds. The van der Waals surface area contributed by atoms with Crippen LogP contribution in [-0.2, 0) is 10.0 Å². The Kier molecular flexibility index (Phi) is 3.08. The first-order chi connectivity index (χ1) is 7.10. The standard InChI is InChI=1S/C9H11BrN2O2S/c10-8-3-5-12(7-8)15(13,14)9-2-1-4-11-6-9/h1-2,4,6,8H,3,5,7H2. The van der Waals surface area contributed by atoms with Gasteiger partial charge in [0.2, 0.25) is 10.0 Å². The van der Waals surface area contributed by atoms with E-state index in [0.717, 1.165) is 6.42 Å². The number of nitrogens with zero attached hydrogens (tertiary/aromatic N) is 2. The van der Waals surface area contributed by atoms with Gasteiger partial charge in [0, 0.05) is 30.3 Å². The molecule has 0 spiro atoms. The highest BCUT2D eigenvalue weighted by molar-refractivity contribution is 9.09. The van der Waals surface area contributed by atoms with Crippen molar-refractivity contribution in [3.05, 3.63) is 24.5 Å². The van der Waals surface area contributed by atoms with Crippen molar-refractivity contribution in [2.75, 3.05) is 13.1 Å². The molecule has 1 aliphatic rings. The molecule has 0 N–H and O–H groups in total. The minimum absolute atomic E-state index is 0.268. The molecule has 6 heteroatoms. The van der Waals surface area contributed by atoms with E-state index in [0.29, 0.717) is 13.1 Å². The van der Waals surface area contributed by atoms with Gasteiger partial charge in [-0.25, -0.2) is 8.42 Å². The molecule has 0 aliphatic carbocycles. The molecule has 0 saturated carbocycles. The lowest BCUT2D eigenvalue weighted by molar-refractivity contribution is 0.478. The molecule has 1 saturated heterocycles. The van der Waals surface area contributed by atoms with Crippen LogP contribution in [0, 0.1) is 0 Å². The number of sulfonamides is 1. The average molecular weight is 291 g/mol. The third kappa shape index (κ3) is 2.21. The van der Waals surface area contributed by atoms with Gasteiger partial charge < -0.3 is 0 Å². The van der Waals surface area contributed by atoms with E-state index in [1.165, 1.54) is 10.5 Å². The van der Waals surface area contributed by atoms with Crippen LogP contribution < -0.4 is 0 Å². The smallest absolute Gasteiger partial charge is 0.244 e. The molecule has 2 heterocycles. The Morgan fingerprint density at radius 3 is 2.87 bits per heavy atom. The predicted octanol–water partition coefficient (Wildman–Crippen LogP) is 1.24. The topological polar surface area (TPSA) is 50.3 Å². The zero-order valence-electron chi connectivity index (χ0n) is 8.01. The van der Waals surface area contributed by atoms with Crippen molar-refractivity contribution in [2.24, 2.45) is 0 Å². The number of rotatable bonds is 2. The molecule has 1 aromatic rings. The summed E-state index contributed by atoms with van der Waals surface area (Å²) in [7, 11) is -3.33. The van der Waals surface area contributed by atoms with Crippen LogP contribution in [0.1, 0.15) is 6.42 Å². The first-order valence-corrected chi connectivity index (χ1v) is 7.00. The van der Waals surface area contributed by atoms with E-state index in [9.17, 15) is 8.42 Å². The third-order valence-corrected chi connectivity index (χ3v) is 4.96. The van der Waals surface area contributed by atoms with Crippen molar-refractivity contribution in [2.45, 2.75) is 16.1 Å². The Balaban J connectivity index is 2.28. The Hall–Kier alpha value is -0.460. The minimum Gasteiger partial charge on any atom is -0.263 e. The molecule has 1 aliphatic heterocycles. The largest absolute Gasteiger partial charge is 0.263 e. The van der Waals surface area contributed by atoms with Gasteiger partial charge in [0.15, 0.2) is 0 Å². The van der Waals surface area contributed by atoms with Crippen molar-refractivity contribution in [3.8, 4) is 0 Å². The van der Waals surface area contributed by atoms with Crippen LogP contribution in [0.15, 0.2) is 29.4 Å². The monoisotopic (exact) mass is 290 g/mol. The zero-order valence-corrected chi connectivity index (χ0v) is 10.4. The maximum absolute atomic E-state index is 12.0. The molecular weight excluding hydrogens is 280 g/mol. The maximum atomic E-state index is 12.0. The van der Waals surface area contributed by atoms with Crippen molar-refractivity contribution >= 4 is 26.0 Å². The van der Waals surface area contributed by atoms with E-state index in [1.54, 1.807) is 18.3 Å². The summed E-state index contributed by atoms with van der Waals surface area (Å²) in [6.45, 7) is 1.12. The minimum atomic E-state index is -3.33. The summed E-state index contributed by atoms with van der Waals surface area (Å²) in [5.74, 6) is 0. The van der Waals surface area contributed by atoms with Gasteiger partial charge in [-0.2, -0.15) is 4.31 Å². The summed E-state index contributed by atoms with van der Waals surface area (Å²) < 4.78 is 25.6. The quantitative estimate of drug-likeness (QED) is 0.770. The molecule has 15 heavy (non-hydrogen) atoms. The lowest BCUT2D eigenvalue weighted by atomic mass is 10.4. The van der Waals surface area contributed by atoms with Crippen LogP contribution in [0.4, 0.5) is 0 Å². The summed E-state index contributed by atoms with van der Waals surface area (Å²) in [6.07, 6.45) is 3.81. The molecule has 82 valence electrons. The van der Waals surface area contributed by atoms with Gasteiger partial charge in [0.25, 0.3) is 0 Å². The first-order valence-electron chi connectivity index (χ1n) is 4.65.